The van der Waals surface area contributed by atoms with Crippen LogP contribution in [0.5, 0.6) is 11.5 Å². The Labute approximate surface area is 346 Å². The van der Waals surface area contributed by atoms with Gasteiger partial charge in [-0.25, -0.2) is 0 Å². The van der Waals surface area contributed by atoms with Crippen LogP contribution in [-0.4, -0.2) is 68.8 Å². The summed E-state index contributed by atoms with van der Waals surface area (Å²) in [4.78, 5) is 46.4. The molecule has 0 aliphatic carbocycles. The number of amides is 3. The van der Waals surface area contributed by atoms with E-state index in [9.17, 15) is 14.7 Å². The van der Waals surface area contributed by atoms with Gasteiger partial charge in [-0.15, -0.1) is 0 Å². The summed E-state index contributed by atoms with van der Waals surface area (Å²) in [5.74, 6) is 0.676. The average molecular weight is 810 g/mol. The zero-order valence-electron chi connectivity index (χ0n) is 34.2. The van der Waals surface area contributed by atoms with E-state index in [-0.39, 0.29) is 48.3 Å². The van der Waals surface area contributed by atoms with Crippen LogP contribution in [0.25, 0.3) is 0 Å². The number of nitrogens with one attached hydrogen (secondary N) is 1. The number of benzene rings is 5. The lowest BCUT2D eigenvalue weighted by Crippen LogP contribution is -2.52. The molecule has 0 saturated carbocycles. The Morgan fingerprint density at radius 1 is 0.847 bits per heavy atom. The molecule has 3 heterocycles. The number of hydrogen-bond donors (Lipinski definition) is 2. The zero-order valence-corrected chi connectivity index (χ0v) is 35.2. The molecule has 5 aromatic rings. The molecule has 2 N–H and O–H groups in total. The monoisotopic (exact) mass is 809 g/mol. The van der Waals surface area contributed by atoms with Crippen molar-refractivity contribution in [3.05, 3.63) is 149 Å². The Bertz CT molecular complexity index is 2350. The maximum absolute atomic E-state index is 15.3. The van der Waals surface area contributed by atoms with Crippen LogP contribution in [0.4, 0.5) is 11.4 Å². The first-order valence-corrected chi connectivity index (χ1v) is 23.3. The van der Waals surface area contributed by atoms with Crippen LogP contribution in [0, 0.1) is 5.92 Å². The quantitative estimate of drug-likeness (QED) is 0.137. The predicted octanol–water partition coefficient (Wildman–Crippen LogP) is 7.05. The van der Waals surface area contributed by atoms with Gasteiger partial charge in [-0.05, 0) is 83.2 Å². The smallest absolute Gasteiger partial charge is 0.264 e. The fraction of sp³-hybridized carbons (Fsp3) is 0.312. The topological polar surface area (TPSA) is 118 Å². The standard InChI is InChI=1S/C48H51N3O7Si/c1-31-45(59(4,5)40-24-22-39(57-3)23-25-40)43(27-44(53)50-29-35-11-7-6-10-34(35)26-37(50)30-52)58-48(31)41-12-8-9-13-42(41)51(47(48)55)28-32-14-18-36(19-15-32)49-46(54)33-16-20-38(56-2)21-17-33/h6-25,31,37,43,45,52H,26-30H2,1-5H3,(H,49,54)/t31-,37+,43+,45-,48+/m1/s1. The van der Waals surface area contributed by atoms with Crippen LogP contribution in [0.2, 0.25) is 18.6 Å². The van der Waals surface area contributed by atoms with Crippen LogP contribution < -0.4 is 24.9 Å². The number of carbonyl (C=O) groups excluding carboxylic acids is 3. The van der Waals surface area contributed by atoms with E-state index in [2.05, 4.69) is 43.5 Å². The normalized spacial score (nSPS) is 22.2. The second-order valence-corrected chi connectivity index (χ2v) is 21.2. The van der Waals surface area contributed by atoms with Crippen molar-refractivity contribution >= 4 is 42.4 Å². The highest BCUT2D eigenvalue weighted by Gasteiger charge is 2.66. The molecule has 59 heavy (non-hydrogen) atoms. The van der Waals surface area contributed by atoms with Gasteiger partial charge in [0.05, 0.1) is 59.7 Å². The van der Waals surface area contributed by atoms with Crippen LogP contribution in [0.1, 0.15) is 46.0 Å². The molecule has 3 amide bonds. The van der Waals surface area contributed by atoms with Crippen molar-refractivity contribution in [2.24, 2.45) is 5.92 Å². The maximum atomic E-state index is 15.3. The molecule has 11 heteroatoms. The van der Waals surface area contributed by atoms with Crippen molar-refractivity contribution in [1.29, 1.82) is 0 Å². The Hall–Kier alpha value is -5.75. The van der Waals surface area contributed by atoms with Gasteiger partial charge in [0.15, 0.2) is 5.60 Å². The number of aliphatic hydroxyl groups excluding tert-OH is 1. The lowest BCUT2D eigenvalue weighted by molar-refractivity contribution is -0.151. The molecule has 3 aliphatic heterocycles. The van der Waals surface area contributed by atoms with E-state index in [0.717, 1.165) is 33.7 Å². The number of ether oxygens (including phenoxy) is 3. The second-order valence-electron chi connectivity index (χ2n) is 16.5. The zero-order chi connectivity index (χ0) is 41.5. The minimum atomic E-state index is -2.51. The molecule has 0 radical (unpaired) electrons. The Morgan fingerprint density at radius 2 is 1.47 bits per heavy atom. The van der Waals surface area contributed by atoms with Crippen LogP contribution in [0.3, 0.4) is 0 Å². The third-order valence-electron chi connectivity index (χ3n) is 12.9. The summed E-state index contributed by atoms with van der Waals surface area (Å²) >= 11 is 0. The average Bonchev–Trinajstić information content (AvgIpc) is 3.69. The Balaban J connectivity index is 1.10. The maximum Gasteiger partial charge on any atom is 0.264 e. The molecule has 304 valence electrons. The largest absolute Gasteiger partial charge is 0.497 e. The molecule has 8 rings (SSSR count). The highest BCUT2D eigenvalue weighted by molar-refractivity contribution is 6.91. The highest BCUT2D eigenvalue weighted by Crippen LogP contribution is 2.60. The minimum absolute atomic E-state index is 0.0845. The molecule has 0 aromatic heterocycles. The van der Waals surface area contributed by atoms with Gasteiger partial charge in [0.1, 0.15) is 11.5 Å². The molecule has 1 fully saturated rings. The number of carbonyl (C=O) groups is 3. The summed E-state index contributed by atoms with van der Waals surface area (Å²) in [6, 6.07) is 38.2. The number of para-hydroxylation sites is 1. The molecule has 0 unspecified atom stereocenters. The first kappa shape index (κ1) is 40.0. The van der Waals surface area contributed by atoms with E-state index < -0.39 is 19.8 Å². The first-order valence-electron chi connectivity index (χ1n) is 20.2. The molecular formula is C48H51N3O7Si. The van der Waals surface area contributed by atoms with Crippen molar-refractivity contribution in [1.82, 2.24) is 4.90 Å². The third kappa shape index (κ3) is 7.21. The van der Waals surface area contributed by atoms with Gasteiger partial charge in [-0.3, -0.25) is 14.4 Å². The molecule has 1 saturated heterocycles. The van der Waals surface area contributed by atoms with Crippen LogP contribution in [-0.2, 0) is 39.4 Å². The molecule has 3 aliphatic rings. The predicted molar refractivity (Wildman–Crippen MR) is 231 cm³/mol. The SMILES string of the molecule is COc1ccc(C(=O)Nc2ccc(CN3C(=O)[C@@]4(O[C@@H](CC(=O)N5Cc6ccccc6C[C@H]5CO)[C@H]([Si](C)(C)c5ccc(OC)cc5)[C@H]4C)c4ccccc43)cc2)cc1. The second kappa shape index (κ2) is 16.1. The summed E-state index contributed by atoms with van der Waals surface area (Å²) in [5.41, 5.74) is 4.39. The van der Waals surface area contributed by atoms with Gasteiger partial charge in [0, 0.05) is 29.3 Å². The number of hydrogen-bond acceptors (Lipinski definition) is 7. The van der Waals surface area contributed by atoms with Crippen molar-refractivity contribution in [3.63, 3.8) is 0 Å². The van der Waals surface area contributed by atoms with Gasteiger partial charge < -0.3 is 34.4 Å². The molecular weight excluding hydrogens is 759 g/mol. The molecule has 1 spiro atoms. The van der Waals surface area contributed by atoms with Gasteiger partial charge in [-0.2, -0.15) is 0 Å². The number of nitrogens with zero attached hydrogens (tertiary/aromatic N) is 2. The van der Waals surface area contributed by atoms with E-state index >= 15 is 4.79 Å². The summed E-state index contributed by atoms with van der Waals surface area (Å²) in [6.45, 7) is 7.30. The van der Waals surface area contributed by atoms with Gasteiger partial charge in [-0.1, -0.05) is 91.9 Å². The van der Waals surface area contributed by atoms with E-state index in [1.54, 1.807) is 43.4 Å². The summed E-state index contributed by atoms with van der Waals surface area (Å²) in [6.07, 6.45) is 0.0981. The fourth-order valence-corrected chi connectivity index (χ4v) is 13.8. The van der Waals surface area contributed by atoms with Crippen molar-refractivity contribution < 1.29 is 33.7 Å². The number of aliphatic hydroxyl groups is 1. The highest BCUT2D eigenvalue weighted by atomic mass is 28.3. The fourth-order valence-electron chi connectivity index (χ4n) is 9.78. The first-order chi connectivity index (χ1) is 28.5. The van der Waals surface area contributed by atoms with E-state index in [1.807, 2.05) is 83.8 Å². The van der Waals surface area contributed by atoms with E-state index in [4.69, 9.17) is 14.2 Å². The van der Waals surface area contributed by atoms with E-state index in [0.29, 0.717) is 36.5 Å². The number of anilines is 2. The molecule has 0 bridgehead atoms. The summed E-state index contributed by atoms with van der Waals surface area (Å²) in [7, 11) is 0.725. The van der Waals surface area contributed by atoms with Gasteiger partial charge in [0.2, 0.25) is 5.91 Å². The van der Waals surface area contributed by atoms with Crippen molar-refractivity contribution in [2.75, 3.05) is 31.0 Å². The van der Waals surface area contributed by atoms with Crippen molar-refractivity contribution in [3.8, 4) is 11.5 Å². The Morgan fingerprint density at radius 3 is 2.14 bits per heavy atom. The Kier molecular flexibility index (Phi) is 10.9. The minimum Gasteiger partial charge on any atom is -0.497 e. The van der Waals surface area contributed by atoms with Gasteiger partial charge >= 0.3 is 0 Å². The lowest BCUT2D eigenvalue weighted by Gasteiger charge is -2.39. The number of fused-ring (bicyclic) bond motifs is 3. The van der Waals surface area contributed by atoms with Crippen LogP contribution >= 0.6 is 0 Å². The molecule has 5 aromatic carbocycles. The van der Waals surface area contributed by atoms with Gasteiger partial charge in [0.25, 0.3) is 11.8 Å². The van der Waals surface area contributed by atoms with Crippen LogP contribution in [0.15, 0.2) is 121 Å². The van der Waals surface area contributed by atoms with Crippen molar-refractivity contribution in [2.45, 2.75) is 69.2 Å². The van der Waals surface area contributed by atoms with E-state index in [1.165, 1.54) is 5.19 Å². The number of methoxy groups -OCH3 is 2. The summed E-state index contributed by atoms with van der Waals surface area (Å²) < 4.78 is 18.0. The summed E-state index contributed by atoms with van der Waals surface area (Å²) in [5, 5.41) is 14.6. The third-order valence-corrected chi connectivity index (χ3v) is 17.3. The number of rotatable bonds is 11. The molecule has 10 nitrogen and oxygen atoms in total. The lowest BCUT2D eigenvalue weighted by atomic mass is 9.82. The molecule has 5 atom stereocenters.